The molecule has 0 aliphatic heterocycles. The van der Waals surface area contributed by atoms with Crippen LogP contribution in [0.5, 0.6) is 0 Å². The molecule has 122 valence electrons. The highest BCUT2D eigenvalue weighted by Crippen LogP contribution is 2.15. The van der Waals surface area contributed by atoms with Crippen LogP contribution in [-0.2, 0) is 11.3 Å². The van der Waals surface area contributed by atoms with E-state index in [1.165, 1.54) is 6.07 Å². The van der Waals surface area contributed by atoms with Gasteiger partial charge in [0, 0.05) is 0 Å². The first-order valence-electron chi connectivity index (χ1n) is 7.10. The van der Waals surface area contributed by atoms with Gasteiger partial charge in [0.05, 0.1) is 30.0 Å². The summed E-state index contributed by atoms with van der Waals surface area (Å²) in [5.41, 5.74) is 1.16. The Morgan fingerprint density at radius 2 is 2.00 bits per heavy atom. The summed E-state index contributed by atoms with van der Waals surface area (Å²) in [6.07, 6.45) is 0. The second-order valence-corrected chi connectivity index (χ2v) is 5.32. The molecule has 23 heavy (non-hydrogen) atoms. The van der Waals surface area contributed by atoms with Gasteiger partial charge in [-0.15, -0.1) is 0 Å². The Morgan fingerprint density at radius 3 is 2.61 bits per heavy atom. The number of carbonyl (C=O) groups is 2. The molecular weight excluding hydrogens is 298 g/mol. The summed E-state index contributed by atoms with van der Waals surface area (Å²) in [5.74, 6) is -0.0873. The van der Waals surface area contributed by atoms with Crippen LogP contribution in [0.4, 0.5) is 5.69 Å². The van der Waals surface area contributed by atoms with Gasteiger partial charge in [0.25, 0.3) is 0 Å². The molecule has 0 atom stereocenters. The minimum absolute atomic E-state index is 0.0578. The maximum Gasteiger partial charge on any atom is 0.337 e. The molecule has 0 bridgehead atoms. The maximum absolute atomic E-state index is 12.1. The van der Waals surface area contributed by atoms with Crippen molar-refractivity contribution in [2.24, 2.45) is 0 Å². The molecule has 0 saturated heterocycles. The van der Waals surface area contributed by atoms with Gasteiger partial charge >= 0.3 is 5.97 Å². The largest absolute Gasteiger partial charge is 0.478 e. The highest BCUT2D eigenvalue weighted by Gasteiger charge is 2.14. The fourth-order valence-corrected chi connectivity index (χ4v) is 2.11. The maximum atomic E-state index is 12.1. The molecule has 1 amide bonds. The standard InChI is InChI=1S/C16H19N3O4/c1-10-11(2)23-15(17-10)9-19(3)8-14(20)18-13-7-5-4-6-12(13)16(21)22/h4-7H,8-9H2,1-3H3,(H,18,20)(H,21,22). The van der Waals surface area contributed by atoms with E-state index in [1.54, 1.807) is 30.1 Å². The number of carboxylic acids is 1. The number of anilines is 1. The summed E-state index contributed by atoms with van der Waals surface area (Å²) >= 11 is 0. The van der Waals surface area contributed by atoms with Crippen molar-refractivity contribution >= 4 is 17.6 Å². The van der Waals surface area contributed by atoms with Crippen LogP contribution < -0.4 is 5.32 Å². The fraction of sp³-hybridized carbons (Fsp3) is 0.312. The van der Waals surface area contributed by atoms with Gasteiger partial charge in [0.15, 0.2) is 0 Å². The SMILES string of the molecule is Cc1nc(CN(C)CC(=O)Nc2ccccc2C(=O)O)oc1C. The predicted octanol–water partition coefficient (Wildman–Crippen LogP) is 2.06. The topological polar surface area (TPSA) is 95.7 Å². The van der Waals surface area contributed by atoms with Crippen molar-refractivity contribution in [1.82, 2.24) is 9.88 Å². The summed E-state index contributed by atoms with van der Waals surface area (Å²) in [7, 11) is 1.76. The molecule has 0 aliphatic rings. The highest BCUT2D eigenvalue weighted by molar-refractivity contribution is 6.01. The third-order valence-corrected chi connectivity index (χ3v) is 3.32. The summed E-state index contributed by atoms with van der Waals surface area (Å²) in [5, 5.41) is 11.7. The molecule has 0 aliphatic carbocycles. The molecule has 1 aromatic carbocycles. The number of likely N-dealkylation sites (N-methyl/N-ethyl adjacent to an activating group) is 1. The van der Waals surface area contributed by atoms with Crippen LogP contribution >= 0.6 is 0 Å². The van der Waals surface area contributed by atoms with E-state index in [9.17, 15) is 9.59 Å². The van der Waals surface area contributed by atoms with Gasteiger partial charge in [-0.2, -0.15) is 0 Å². The van der Waals surface area contributed by atoms with Crippen molar-refractivity contribution in [2.45, 2.75) is 20.4 Å². The molecule has 0 unspecified atom stereocenters. The normalized spacial score (nSPS) is 10.8. The molecule has 0 fully saturated rings. The van der Waals surface area contributed by atoms with Crippen molar-refractivity contribution < 1.29 is 19.1 Å². The Hall–Kier alpha value is -2.67. The average molecular weight is 317 g/mol. The third kappa shape index (κ3) is 4.40. The number of aromatic nitrogens is 1. The highest BCUT2D eigenvalue weighted by atomic mass is 16.4. The molecule has 7 nitrogen and oxygen atoms in total. The number of carboxylic acid groups (broad SMARTS) is 1. The number of oxazole rings is 1. The number of para-hydroxylation sites is 1. The summed E-state index contributed by atoms with van der Waals surface area (Å²) in [6, 6.07) is 6.28. The number of nitrogens with zero attached hydrogens (tertiary/aromatic N) is 2. The fourth-order valence-electron chi connectivity index (χ4n) is 2.11. The number of hydrogen-bond donors (Lipinski definition) is 2. The van der Waals surface area contributed by atoms with E-state index in [0.717, 1.165) is 11.5 Å². The first kappa shape index (κ1) is 16.7. The van der Waals surface area contributed by atoms with E-state index in [0.29, 0.717) is 12.4 Å². The zero-order chi connectivity index (χ0) is 17.0. The molecule has 1 heterocycles. The van der Waals surface area contributed by atoms with Gasteiger partial charge in [-0.3, -0.25) is 9.69 Å². The summed E-state index contributed by atoms with van der Waals surface area (Å²) in [6.45, 7) is 4.18. The Kier molecular flexibility index (Phi) is 5.13. The van der Waals surface area contributed by atoms with E-state index in [-0.39, 0.29) is 23.7 Å². The van der Waals surface area contributed by atoms with Crippen molar-refractivity contribution in [2.75, 3.05) is 18.9 Å². The zero-order valence-electron chi connectivity index (χ0n) is 13.3. The second-order valence-electron chi connectivity index (χ2n) is 5.32. The molecule has 2 aromatic rings. The van der Waals surface area contributed by atoms with Crippen LogP contribution in [0.1, 0.15) is 27.7 Å². The Morgan fingerprint density at radius 1 is 1.30 bits per heavy atom. The van der Waals surface area contributed by atoms with Gasteiger partial charge in [0.1, 0.15) is 5.76 Å². The lowest BCUT2D eigenvalue weighted by atomic mass is 10.2. The van der Waals surface area contributed by atoms with Crippen LogP contribution in [0.2, 0.25) is 0 Å². The second kappa shape index (κ2) is 7.06. The molecule has 0 saturated carbocycles. The molecule has 7 heteroatoms. The molecule has 2 N–H and O–H groups in total. The zero-order valence-corrected chi connectivity index (χ0v) is 13.3. The molecule has 0 spiro atoms. The molecule has 0 radical (unpaired) electrons. The summed E-state index contributed by atoms with van der Waals surface area (Å²) < 4.78 is 5.47. The van der Waals surface area contributed by atoms with Gasteiger partial charge in [0.2, 0.25) is 11.8 Å². The van der Waals surface area contributed by atoms with Crippen LogP contribution in [0.25, 0.3) is 0 Å². The van der Waals surface area contributed by atoms with Gasteiger partial charge < -0.3 is 14.8 Å². The molecule has 2 rings (SSSR count). The van der Waals surface area contributed by atoms with E-state index in [4.69, 9.17) is 9.52 Å². The van der Waals surface area contributed by atoms with Crippen LogP contribution in [0, 0.1) is 13.8 Å². The number of aromatic carboxylic acids is 1. The predicted molar refractivity (Wildman–Crippen MR) is 84.3 cm³/mol. The van der Waals surface area contributed by atoms with Gasteiger partial charge in [-0.25, -0.2) is 9.78 Å². The van der Waals surface area contributed by atoms with Gasteiger partial charge in [-0.05, 0) is 33.0 Å². The number of carbonyl (C=O) groups excluding carboxylic acids is 1. The lowest BCUT2D eigenvalue weighted by Crippen LogP contribution is -2.30. The molecular formula is C16H19N3O4. The van der Waals surface area contributed by atoms with E-state index in [2.05, 4.69) is 10.3 Å². The Labute approximate surface area is 133 Å². The van der Waals surface area contributed by atoms with Crippen LogP contribution in [-0.4, -0.2) is 40.5 Å². The third-order valence-electron chi connectivity index (χ3n) is 3.32. The minimum atomic E-state index is -1.08. The summed E-state index contributed by atoms with van der Waals surface area (Å²) in [4.78, 5) is 29.2. The minimum Gasteiger partial charge on any atom is -0.478 e. The number of amides is 1. The quantitative estimate of drug-likeness (QED) is 0.846. The first-order valence-corrected chi connectivity index (χ1v) is 7.10. The smallest absolute Gasteiger partial charge is 0.337 e. The molecule has 1 aromatic heterocycles. The lowest BCUT2D eigenvalue weighted by molar-refractivity contribution is -0.117. The first-order chi connectivity index (χ1) is 10.9. The number of nitrogens with one attached hydrogen (secondary N) is 1. The van der Waals surface area contributed by atoms with Crippen LogP contribution in [0.3, 0.4) is 0 Å². The van der Waals surface area contributed by atoms with Gasteiger partial charge in [-0.1, -0.05) is 12.1 Å². The Balaban J connectivity index is 1.95. The van der Waals surface area contributed by atoms with Crippen LogP contribution in [0.15, 0.2) is 28.7 Å². The van der Waals surface area contributed by atoms with Crippen molar-refractivity contribution in [3.05, 3.63) is 47.2 Å². The van der Waals surface area contributed by atoms with Crippen molar-refractivity contribution in [1.29, 1.82) is 0 Å². The number of benzene rings is 1. The average Bonchev–Trinajstić information content (AvgIpc) is 2.76. The van der Waals surface area contributed by atoms with E-state index >= 15 is 0 Å². The monoisotopic (exact) mass is 317 g/mol. The van der Waals surface area contributed by atoms with E-state index in [1.807, 2.05) is 13.8 Å². The number of rotatable bonds is 6. The van der Waals surface area contributed by atoms with Crippen molar-refractivity contribution in [3.63, 3.8) is 0 Å². The number of hydrogen-bond acceptors (Lipinski definition) is 5. The Bertz CT molecular complexity index is 704. The van der Waals surface area contributed by atoms with E-state index < -0.39 is 5.97 Å². The van der Waals surface area contributed by atoms with Crippen molar-refractivity contribution in [3.8, 4) is 0 Å². The number of aryl methyl sites for hydroxylation is 2. The lowest BCUT2D eigenvalue weighted by Gasteiger charge is -2.15.